The Labute approximate surface area is 137 Å². The molecule has 0 unspecified atom stereocenters. The van der Waals surface area contributed by atoms with Crippen molar-refractivity contribution in [2.45, 2.75) is 76.7 Å². The number of unbranched alkanes of at least 4 members (excludes halogenated alkanes) is 8. The molecule has 0 rings (SSSR count). The lowest BCUT2D eigenvalue weighted by molar-refractivity contribution is -0.189. The van der Waals surface area contributed by atoms with Gasteiger partial charge in [-0.1, -0.05) is 64.9 Å². The third-order valence-corrected chi connectivity index (χ3v) is 3.76. The van der Waals surface area contributed by atoms with E-state index < -0.39 is 23.5 Å². The van der Waals surface area contributed by atoms with Crippen molar-refractivity contribution in [2.75, 3.05) is 0 Å². The highest BCUT2D eigenvalue weighted by Crippen LogP contribution is 2.22. The summed E-state index contributed by atoms with van der Waals surface area (Å²) in [7, 11) is 0. The predicted octanol–water partition coefficient (Wildman–Crippen LogP) is 3.54. The van der Waals surface area contributed by atoms with Gasteiger partial charge in [0.1, 0.15) is 0 Å². The highest BCUT2D eigenvalue weighted by Gasteiger charge is 2.50. The van der Waals surface area contributed by atoms with E-state index in [1.54, 1.807) is 0 Å². The minimum atomic E-state index is -2.52. The minimum absolute atomic E-state index is 0.243. The quantitative estimate of drug-likeness (QED) is 0.219. The molecule has 132 valence electrons. The molecule has 23 heavy (non-hydrogen) atoms. The van der Waals surface area contributed by atoms with Crippen molar-refractivity contribution >= 4 is 17.9 Å². The van der Waals surface area contributed by atoms with Gasteiger partial charge in [0, 0.05) is 12.5 Å². The third-order valence-electron chi connectivity index (χ3n) is 3.76. The zero-order chi connectivity index (χ0) is 17.7. The lowest BCUT2D eigenvalue weighted by Crippen LogP contribution is -2.50. The van der Waals surface area contributed by atoms with Crippen LogP contribution in [0.25, 0.3) is 0 Å². The number of aliphatic carboxylic acids is 2. The second-order valence-corrected chi connectivity index (χ2v) is 5.64. The molecule has 0 saturated carbocycles. The standard InChI is InChI=1S/C17H28O6/c1-3-5-6-7-8-9-10-11-12-13-17(15(19)20,16(21)22)23-14(18)4-2/h4H,2-3,5-13H2,1H3,(H,19,20)(H,21,22). The molecule has 0 saturated heterocycles. The summed E-state index contributed by atoms with van der Waals surface area (Å²) in [5.74, 6) is -4.38. The zero-order valence-corrected chi connectivity index (χ0v) is 13.9. The molecule has 0 radical (unpaired) electrons. The summed E-state index contributed by atoms with van der Waals surface area (Å²) in [6.07, 6.45) is 9.57. The van der Waals surface area contributed by atoms with Crippen molar-refractivity contribution < 1.29 is 29.3 Å². The fraction of sp³-hybridized carbons (Fsp3) is 0.706. The molecule has 0 amide bonds. The molecule has 0 bridgehead atoms. The van der Waals surface area contributed by atoms with Crippen molar-refractivity contribution in [2.24, 2.45) is 0 Å². The fourth-order valence-electron chi connectivity index (χ4n) is 2.34. The number of carbonyl (C=O) groups excluding carboxylic acids is 1. The van der Waals surface area contributed by atoms with E-state index in [1.165, 1.54) is 25.7 Å². The summed E-state index contributed by atoms with van der Waals surface area (Å²) in [6, 6.07) is 0. The van der Waals surface area contributed by atoms with Crippen LogP contribution in [0.1, 0.15) is 71.1 Å². The molecular weight excluding hydrogens is 300 g/mol. The fourth-order valence-corrected chi connectivity index (χ4v) is 2.34. The topological polar surface area (TPSA) is 101 Å². The monoisotopic (exact) mass is 328 g/mol. The van der Waals surface area contributed by atoms with Crippen LogP contribution in [0.5, 0.6) is 0 Å². The van der Waals surface area contributed by atoms with Crippen LogP contribution >= 0.6 is 0 Å². The van der Waals surface area contributed by atoms with Crippen LogP contribution in [0.2, 0.25) is 0 Å². The van der Waals surface area contributed by atoms with Gasteiger partial charge in [-0.15, -0.1) is 0 Å². The SMILES string of the molecule is C=CC(=O)OC(CCCCCCCCCCC)(C(=O)O)C(=O)O. The highest BCUT2D eigenvalue weighted by atomic mass is 16.6. The summed E-state index contributed by atoms with van der Waals surface area (Å²) in [6.45, 7) is 5.32. The number of carboxylic acids is 2. The first kappa shape index (κ1) is 21.1. The summed E-state index contributed by atoms with van der Waals surface area (Å²) in [4.78, 5) is 33.8. The maximum atomic E-state index is 11.3. The molecule has 6 nitrogen and oxygen atoms in total. The summed E-state index contributed by atoms with van der Waals surface area (Å²) < 4.78 is 4.63. The minimum Gasteiger partial charge on any atom is -0.478 e. The summed E-state index contributed by atoms with van der Waals surface area (Å²) >= 11 is 0. The average Bonchev–Trinajstić information content (AvgIpc) is 2.51. The normalized spacial score (nSPS) is 11.0. The molecule has 0 aromatic rings. The maximum Gasteiger partial charge on any atom is 0.360 e. The Hall–Kier alpha value is -1.85. The number of hydrogen-bond acceptors (Lipinski definition) is 4. The second kappa shape index (κ2) is 11.7. The Morgan fingerprint density at radius 3 is 1.74 bits per heavy atom. The van der Waals surface area contributed by atoms with Gasteiger partial charge in [-0.2, -0.15) is 0 Å². The smallest absolute Gasteiger partial charge is 0.360 e. The van der Waals surface area contributed by atoms with Gasteiger partial charge in [0.15, 0.2) is 0 Å². The van der Waals surface area contributed by atoms with E-state index in [2.05, 4.69) is 18.2 Å². The van der Waals surface area contributed by atoms with Crippen molar-refractivity contribution in [1.82, 2.24) is 0 Å². The lowest BCUT2D eigenvalue weighted by Gasteiger charge is -2.24. The van der Waals surface area contributed by atoms with E-state index in [0.717, 1.165) is 25.3 Å². The van der Waals surface area contributed by atoms with Crippen LogP contribution in [-0.2, 0) is 19.1 Å². The van der Waals surface area contributed by atoms with Crippen molar-refractivity contribution in [3.63, 3.8) is 0 Å². The van der Waals surface area contributed by atoms with Crippen molar-refractivity contribution in [3.8, 4) is 0 Å². The number of carboxylic acid groups (broad SMARTS) is 2. The maximum absolute atomic E-state index is 11.3. The third kappa shape index (κ3) is 7.81. The zero-order valence-electron chi connectivity index (χ0n) is 13.9. The Kier molecular flexibility index (Phi) is 10.7. The molecule has 0 aromatic carbocycles. The Bertz CT molecular complexity index is 388. The van der Waals surface area contributed by atoms with E-state index in [1.807, 2.05) is 0 Å². The molecule has 0 atom stereocenters. The Morgan fingerprint density at radius 2 is 1.35 bits per heavy atom. The molecule has 0 fully saturated rings. The summed E-state index contributed by atoms with van der Waals surface area (Å²) in [5, 5.41) is 18.3. The van der Waals surface area contributed by atoms with Gasteiger partial charge in [-0.25, -0.2) is 14.4 Å². The van der Waals surface area contributed by atoms with Gasteiger partial charge in [0.05, 0.1) is 0 Å². The molecular formula is C17H28O6. The van der Waals surface area contributed by atoms with Gasteiger partial charge in [0.25, 0.3) is 0 Å². The molecule has 0 aliphatic heterocycles. The summed E-state index contributed by atoms with van der Waals surface area (Å²) in [5.41, 5.74) is -2.52. The predicted molar refractivity (Wildman–Crippen MR) is 86.1 cm³/mol. The number of rotatable bonds is 14. The molecule has 0 aromatic heterocycles. The molecule has 6 heteroatoms. The Balaban J connectivity index is 4.25. The first-order valence-electron chi connectivity index (χ1n) is 8.23. The first-order valence-corrected chi connectivity index (χ1v) is 8.23. The number of esters is 1. The van der Waals surface area contributed by atoms with E-state index in [-0.39, 0.29) is 6.42 Å². The van der Waals surface area contributed by atoms with Crippen LogP contribution in [-0.4, -0.2) is 33.7 Å². The highest BCUT2D eigenvalue weighted by molar-refractivity contribution is 6.04. The number of ether oxygens (including phenoxy) is 1. The van der Waals surface area contributed by atoms with E-state index in [4.69, 9.17) is 10.2 Å². The van der Waals surface area contributed by atoms with Gasteiger partial charge < -0.3 is 14.9 Å². The molecule has 0 heterocycles. The largest absolute Gasteiger partial charge is 0.478 e. The van der Waals surface area contributed by atoms with Crippen LogP contribution in [0.3, 0.4) is 0 Å². The molecule has 0 aliphatic carbocycles. The average molecular weight is 328 g/mol. The van der Waals surface area contributed by atoms with Crippen LogP contribution in [0.15, 0.2) is 12.7 Å². The van der Waals surface area contributed by atoms with Crippen LogP contribution < -0.4 is 0 Å². The van der Waals surface area contributed by atoms with Gasteiger partial charge in [-0.3, -0.25) is 0 Å². The first-order chi connectivity index (χ1) is 10.9. The molecule has 0 spiro atoms. The molecule has 0 aliphatic rings. The second-order valence-electron chi connectivity index (χ2n) is 5.64. The van der Waals surface area contributed by atoms with E-state index in [9.17, 15) is 14.4 Å². The van der Waals surface area contributed by atoms with E-state index in [0.29, 0.717) is 12.8 Å². The number of carbonyl (C=O) groups is 3. The van der Waals surface area contributed by atoms with Crippen LogP contribution in [0, 0.1) is 0 Å². The molecule has 2 N–H and O–H groups in total. The lowest BCUT2D eigenvalue weighted by atomic mass is 9.95. The van der Waals surface area contributed by atoms with Gasteiger partial charge >= 0.3 is 23.5 Å². The van der Waals surface area contributed by atoms with Crippen LogP contribution in [0.4, 0.5) is 0 Å². The van der Waals surface area contributed by atoms with Crippen molar-refractivity contribution in [1.29, 1.82) is 0 Å². The van der Waals surface area contributed by atoms with Gasteiger partial charge in [0.2, 0.25) is 0 Å². The number of hydrogen-bond donors (Lipinski definition) is 2. The van der Waals surface area contributed by atoms with Crippen molar-refractivity contribution in [3.05, 3.63) is 12.7 Å². The van der Waals surface area contributed by atoms with Gasteiger partial charge in [-0.05, 0) is 6.42 Å². The van der Waals surface area contributed by atoms with E-state index >= 15 is 0 Å². The Morgan fingerprint density at radius 1 is 0.913 bits per heavy atom.